The second kappa shape index (κ2) is 5.49. The van der Waals surface area contributed by atoms with Crippen LogP contribution in [-0.2, 0) is 9.59 Å². The van der Waals surface area contributed by atoms with Gasteiger partial charge in [0, 0.05) is 25.6 Å². The number of rotatable bonds is 2. The smallest absolute Gasteiger partial charge is 0.245 e. The molecule has 0 aromatic carbocycles. The standard InChI is InChI=1S/C14H23N3O2/c18-13-6-5-12(16-13)14(19)17-8-2-3-10(9-17)11-4-1-7-15-11/h10-12,15H,1-9H2,(H,16,18)/t10?,11?,12-/m0/s1. The summed E-state index contributed by atoms with van der Waals surface area (Å²) in [5.74, 6) is 0.746. The van der Waals surface area contributed by atoms with Crippen molar-refractivity contribution in [2.24, 2.45) is 5.92 Å². The third-order valence-corrected chi connectivity index (χ3v) is 4.73. The third-order valence-electron chi connectivity index (χ3n) is 4.73. The SMILES string of the molecule is O=C1CC[C@@H](C(=O)N2CCCC(C3CCCN3)C2)N1. The first-order valence-corrected chi connectivity index (χ1v) is 7.55. The molecule has 2 amide bonds. The maximum atomic E-state index is 12.4. The third kappa shape index (κ3) is 2.76. The van der Waals surface area contributed by atoms with Crippen molar-refractivity contribution in [1.82, 2.24) is 15.5 Å². The lowest BCUT2D eigenvalue weighted by Gasteiger charge is -2.37. The molecule has 0 bridgehead atoms. The van der Waals surface area contributed by atoms with Crippen LogP contribution in [0.15, 0.2) is 0 Å². The van der Waals surface area contributed by atoms with Gasteiger partial charge in [-0.15, -0.1) is 0 Å². The van der Waals surface area contributed by atoms with Crippen LogP contribution in [0.4, 0.5) is 0 Å². The topological polar surface area (TPSA) is 61.4 Å². The molecule has 0 aromatic heterocycles. The van der Waals surface area contributed by atoms with Gasteiger partial charge in [0.2, 0.25) is 11.8 Å². The molecule has 0 saturated carbocycles. The molecule has 3 aliphatic heterocycles. The fourth-order valence-electron chi connectivity index (χ4n) is 3.67. The molecule has 2 N–H and O–H groups in total. The predicted octanol–water partition coefficient (Wildman–Crippen LogP) is 0.256. The lowest BCUT2D eigenvalue weighted by molar-refractivity contribution is -0.136. The minimum atomic E-state index is -0.261. The lowest BCUT2D eigenvalue weighted by atomic mass is 9.89. The summed E-state index contributed by atoms with van der Waals surface area (Å²) in [4.78, 5) is 25.6. The largest absolute Gasteiger partial charge is 0.344 e. The number of hydrogen-bond acceptors (Lipinski definition) is 3. The maximum Gasteiger partial charge on any atom is 0.245 e. The number of piperidine rings is 1. The molecule has 5 heteroatoms. The molecule has 19 heavy (non-hydrogen) atoms. The summed E-state index contributed by atoms with van der Waals surface area (Å²) in [7, 11) is 0. The fourth-order valence-corrected chi connectivity index (χ4v) is 3.67. The van der Waals surface area contributed by atoms with Gasteiger partial charge in [-0.25, -0.2) is 0 Å². The van der Waals surface area contributed by atoms with Crippen LogP contribution in [0.3, 0.4) is 0 Å². The van der Waals surface area contributed by atoms with Gasteiger partial charge in [-0.3, -0.25) is 9.59 Å². The molecule has 3 atom stereocenters. The molecule has 0 radical (unpaired) electrons. The van der Waals surface area contributed by atoms with E-state index in [1.165, 1.54) is 19.3 Å². The number of amides is 2. The molecular weight excluding hydrogens is 242 g/mol. The first kappa shape index (κ1) is 12.9. The van der Waals surface area contributed by atoms with Crippen LogP contribution in [0, 0.1) is 5.92 Å². The first-order valence-electron chi connectivity index (χ1n) is 7.55. The molecular formula is C14H23N3O2. The van der Waals surface area contributed by atoms with Gasteiger partial charge in [-0.05, 0) is 44.6 Å². The summed E-state index contributed by atoms with van der Waals surface area (Å²) in [5, 5.41) is 6.34. The Balaban J connectivity index is 1.58. The van der Waals surface area contributed by atoms with Crippen LogP contribution in [0.2, 0.25) is 0 Å². The second-order valence-electron chi connectivity index (χ2n) is 6.05. The lowest BCUT2D eigenvalue weighted by Crippen LogP contribution is -2.51. The Labute approximate surface area is 114 Å². The highest BCUT2D eigenvalue weighted by atomic mass is 16.2. The Kier molecular flexibility index (Phi) is 3.73. The summed E-state index contributed by atoms with van der Waals surface area (Å²) in [6.45, 7) is 2.84. The van der Waals surface area contributed by atoms with Crippen molar-refractivity contribution in [3.05, 3.63) is 0 Å². The highest BCUT2D eigenvalue weighted by Crippen LogP contribution is 2.25. The molecule has 3 aliphatic rings. The summed E-state index contributed by atoms with van der Waals surface area (Å²) < 4.78 is 0. The number of likely N-dealkylation sites (tertiary alicyclic amines) is 1. The molecule has 3 saturated heterocycles. The zero-order valence-corrected chi connectivity index (χ0v) is 11.4. The molecule has 0 spiro atoms. The zero-order valence-electron chi connectivity index (χ0n) is 11.4. The number of nitrogens with zero attached hydrogens (tertiary/aromatic N) is 1. The van der Waals surface area contributed by atoms with E-state index in [9.17, 15) is 9.59 Å². The van der Waals surface area contributed by atoms with Crippen LogP contribution in [0.25, 0.3) is 0 Å². The number of nitrogens with one attached hydrogen (secondary N) is 2. The van der Waals surface area contributed by atoms with Crippen molar-refractivity contribution in [3.8, 4) is 0 Å². The van der Waals surface area contributed by atoms with Gasteiger partial charge in [0.25, 0.3) is 0 Å². The van der Waals surface area contributed by atoms with E-state index >= 15 is 0 Å². The molecule has 106 valence electrons. The van der Waals surface area contributed by atoms with E-state index in [1.807, 2.05) is 4.90 Å². The van der Waals surface area contributed by atoms with E-state index in [0.717, 1.165) is 26.1 Å². The number of carbonyl (C=O) groups is 2. The molecule has 3 heterocycles. The quantitative estimate of drug-likeness (QED) is 0.752. The van der Waals surface area contributed by atoms with Crippen LogP contribution in [0.1, 0.15) is 38.5 Å². The fraction of sp³-hybridized carbons (Fsp3) is 0.857. The van der Waals surface area contributed by atoms with Gasteiger partial charge in [-0.1, -0.05) is 0 Å². The minimum Gasteiger partial charge on any atom is -0.344 e. The minimum absolute atomic E-state index is 0.0179. The van der Waals surface area contributed by atoms with E-state index in [2.05, 4.69) is 10.6 Å². The number of carbonyl (C=O) groups excluding carboxylic acids is 2. The van der Waals surface area contributed by atoms with Crippen LogP contribution in [-0.4, -0.2) is 48.4 Å². The van der Waals surface area contributed by atoms with Crippen molar-refractivity contribution in [3.63, 3.8) is 0 Å². The molecule has 5 nitrogen and oxygen atoms in total. The highest BCUT2D eigenvalue weighted by Gasteiger charge is 2.35. The van der Waals surface area contributed by atoms with Gasteiger partial charge in [0.05, 0.1) is 0 Å². The van der Waals surface area contributed by atoms with Crippen LogP contribution < -0.4 is 10.6 Å². The second-order valence-corrected chi connectivity index (χ2v) is 6.05. The number of hydrogen-bond donors (Lipinski definition) is 2. The summed E-state index contributed by atoms with van der Waals surface area (Å²) >= 11 is 0. The van der Waals surface area contributed by atoms with Crippen molar-refractivity contribution >= 4 is 11.8 Å². The molecule has 0 aliphatic carbocycles. The van der Waals surface area contributed by atoms with Gasteiger partial charge in [0.15, 0.2) is 0 Å². The van der Waals surface area contributed by atoms with Gasteiger partial charge in [-0.2, -0.15) is 0 Å². The molecule has 0 aromatic rings. The van der Waals surface area contributed by atoms with E-state index in [-0.39, 0.29) is 17.9 Å². The van der Waals surface area contributed by atoms with Crippen molar-refractivity contribution < 1.29 is 9.59 Å². The van der Waals surface area contributed by atoms with E-state index in [0.29, 0.717) is 24.8 Å². The van der Waals surface area contributed by atoms with Gasteiger partial charge in [0.1, 0.15) is 6.04 Å². The summed E-state index contributed by atoms with van der Waals surface area (Å²) in [6, 6.07) is 0.330. The Morgan fingerprint density at radius 1 is 1.21 bits per heavy atom. The van der Waals surface area contributed by atoms with Crippen molar-refractivity contribution in [1.29, 1.82) is 0 Å². The van der Waals surface area contributed by atoms with E-state index in [4.69, 9.17) is 0 Å². The molecule has 3 fully saturated rings. The zero-order chi connectivity index (χ0) is 13.2. The normalized spacial score (nSPS) is 35.5. The Hall–Kier alpha value is -1.10. The average Bonchev–Trinajstić information content (AvgIpc) is 3.09. The Bertz CT molecular complexity index is 366. The predicted molar refractivity (Wildman–Crippen MR) is 71.5 cm³/mol. The van der Waals surface area contributed by atoms with Gasteiger partial charge >= 0.3 is 0 Å². The van der Waals surface area contributed by atoms with Crippen LogP contribution >= 0.6 is 0 Å². The van der Waals surface area contributed by atoms with E-state index < -0.39 is 0 Å². The molecule has 3 rings (SSSR count). The van der Waals surface area contributed by atoms with Crippen molar-refractivity contribution in [2.75, 3.05) is 19.6 Å². The Morgan fingerprint density at radius 2 is 2.11 bits per heavy atom. The summed E-state index contributed by atoms with van der Waals surface area (Å²) in [5.41, 5.74) is 0. The highest BCUT2D eigenvalue weighted by molar-refractivity contribution is 5.90. The average molecular weight is 265 g/mol. The Morgan fingerprint density at radius 3 is 2.79 bits per heavy atom. The first-order chi connectivity index (χ1) is 9.24. The summed E-state index contributed by atoms with van der Waals surface area (Å²) in [6.07, 6.45) is 5.98. The van der Waals surface area contributed by atoms with Crippen molar-refractivity contribution in [2.45, 2.75) is 50.6 Å². The van der Waals surface area contributed by atoms with E-state index in [1.54, 1.807) is 0 Å². The maximum absolute atomic E-state index is 12.4. The monoisotopic (exact) mass is 265 g/mol. The van der Waals surface area contributed by atoms with Gasteiger partial charge < -0.3 is 15.5 Å². The molecule has 2 unspecified atom stereocenters. The van der Waals surface area contributed by atoms with Crippen LogP contribution in [0.5, 0.6) is 0 Å².